The molecule has 2 aromatic carbocycles. The number of aliphatic hydroxyl groups is 1. The van der Waals surface area contributed by atoms with Gasteiger partial charge in [0.15, 0.2) is 11.6 Å². The number of hydrogen-bond acceptors (Lipinski definition) is 1. The Kier molecular flexibility index (Phi) is 3.91. The Morgan fingerprint density at radius 2 is 1.55 bits per heavy atom. The van der Waals surface area contributed by atoms with Crippen molar-refractivity contribution in [1.29, 1.82) is 0 Å². The second-order valence-electron chi connectivity index (χ2n) is 5.58. The molecule has 0 saturated heterocycles. The highest BCUT2D eigenvalue weighted by atomic mass is 19.2. The Morgan fingerprint density at radius 3 is 2.10 bits per heavy atom. The van der Waals surface area contributed by atoms with Gasteiger partial charge >= 0.3 is 0 Å². The van der Waals surface area contributed by atoms with Crippen molar-refractivity contribution >= 4 is 0 Å². The third kappa shape index (κ3) is 3.23. The molecule has 0 heterocycles. The highest BCUT2D eigenvalue weighted by Crippen LogP contribution is 2.27. The summed E-state index contributed by atoms with van der Waals surface area (Å²) in [6.07, 6.45) is 0.229. The molecule has 0 amide bonds. The minimum atomic E-state index is -1.12. The van der Waals surface area contributed by atoms with Crippen molar-refractivity contribution in [2.24, 2.45) is 0 Å². The first-order chi connectivity index (χ1) is 9.28. The van der Waals surface area contributed by atoms with Crippen molar-refractivity contribution in [3.63, 3.8) is 0 Å². The SMILES string of the molecule is Cc1cc(C)cc(C(C)(O)Cc2ccc(F)c(F)c2)c1. The van der Waals surface area contributed by atoms with Crippen LogP contribution in [0.5, 0.6) is 0 Å². The zero-order valence-electron chi connectivity index (χ0n) is 11.9. The van der Waals surface area contributed by atoms with Crippen LogP contribution in [0.25, 0.3) is 0 Å². The lowest BCUT2D eigenvalue weighted by atomic mass is 9.87. The van der Waals surface area contributed by atoms with Gasteiger partial charge in [-0.2, -0.15) is 0 Å². The Bertz CT molecular complexity index is 613. The van der Waals surface area contributed by atoms with Crippen molar-refractivity contribution in [3.8, 4) is 0 Å². The summed E-state index contributed by atoms with van der Waals surface area (Å²) in [6, 6.07) is 9.56. The minimum Gasteiger partial charge on any atom is -0.385 e. The molecule has 1 N–H and O–H groups in total. The smallest absolute Gasteiger partial charge is 0.159 e. The quantitative estimate of drug-likeness (QED) is 0.897. The summed E-state index contributed by atoms with van der Waals surface area (Å²) in [5, 5.41) is 10.6. The molecule has 2 rings (SSSR count). The van der Waals surface area contributed by atoms with Gasteiger partial charge in [0.2, 0.25) is 0 Å². The highest BCUT2D eigenvalue weighted by Gasteiger charge is 2.24. The van der Waals surface area contributed by atoms with E-state index >= 15 is 0 Å². The topological polar surface area (TPSA) is 20.2 Å². The van der Waals surface area contributed by atoms with E-state index in [4.69, 9.17) is 0 Å². The van der Waals surface area contributed by atoms with Crippen LogP contribution < -0.4 is 0 Å². The number of hydrogen-bond donors (Lipinski definition) is 1. The molecule has 0 bridgehead atoms. The molecule has 0 aliphatic heterocycles. The van der Waals surface area contributed by atoms with Crippen molar-refractivity contribution in [2.45, 2.75) is 32.8 Å². The van der Waals surface area contributed by atoms with Crippen molar-refractivity contribution in [1.82, 2.24) is 0 Å². The van der Waals surface area contributed by atoms with Gasteiger partial charge in [-0.15, -0.1) is 0 Å². The van der Waals surface area contributed by atoms with E-state index in [0.29, 0.717) is 5.56 Å². The third-order valence-electron chi connectivity index (χ3n) is 3.38. The van der Waals surface area contributed by atoms with Crippen LogP contribution in [0.4, 0.5) is 8.78 Å². The fourth-order valence-corrected chi connectivity index (χ4v) is 2.43. The lowest BCUT2D eigenvalue weighted by Gasteiger charge is -2.25. The number of rotatable bonds is 3. The first-order valence-electron chi connectivity index (χ1n) is 6.53. The summed E-state index contributed by atoms with van der Waals surface area (Å²) in [4.78, 5) is 0. The summed E-state index contributed by atoms with van der Waals surface area (Å²) in [7, 11) is 0. The predicted molar refractivity (Wildman–Crippen MR) is 75.5 cm³/mol. The van der Waals surface area contributed by atoms with Crippen LogP contribution in [0.1, 0.15) is 29.2 Å². The Labute approximate surface area is 117 Å². The summed E-state index contributed by atoms with van der Waals surface area (Å²) in [5.41, 5.74) is 2.34. The van der Waals surface area contributed by atoms with Gasteiger partial charge in [0, 0.05) is 6.42 Å². The van der Waals surface area contributed by atoms with Crippen LogP contribution in [0.15, 0.2) is 36.4 Å². The molecule has 1 unspecified atom stereocenters. The minimum absolute atomic E-state index is 0.229. The van der Waals surface area contributed by atoms with Crippen LogP contribution in [0, 0.1) is 25.5 Å². The Balaban J connectivity index is 2.32. The van der Waals surface area contributed by atoms with E-state index in [-0.39, 0.29) is 6.42 Å². The van der Waals surface area contributed by atoms with Crippen LogP contribution in [0.2, 0.25) is 0 Å². The lowest BCUT2D eigenvalue weighted by molar-refractivity contribution is 0.0574. The monoisotopic (exact) mass is 276 g/mol. The Morgan fingerprint density at radius 1 is 0.950 bits per heavy atom. The molecule has 3 heteroatoms. The molecule has 2 aromatic rings. The number of benzene rings is 2. The van der Waals surface area contributed by atoms with Gasteiger partial charge < -0.3 is 5.11 Å². The standard InChI is InChI=1S/C17H18F2O/c1-11-6-12(2)8-14(7-11)17(3,20)10-13-4-5-15(18)16(19)9-13/h4-9,20H,10H2,1-3H3. The molecule has 1 atom stereocenters. The van der Waals surface area contributed by atoms with Crippen LogP contribution in [0.3, 0.4) is 0 Å². The van der Waals surface area contributed by atoms with E-state index < -0.39 is 17.2 Å². The molecule has 0 saturated carbocycles. The summed E-state index contributed by atoms with van der Waals surface area (Å²) < 4.78 is 26.2. The van der Waals surface area contributed by atoms with Crippen LogP contribution in [-0.2, 0) is 12.0 Å². The van der Waals surface area contributed by atoms with E-state index in [0.717, 1.165) is 28.8 Å². The first-order valence-corrected chi connectivity index (χ1v) is 6.53. The normalized spacial score (nSPS) is 14.1. The van der Waals surface area contributed by atoms with Crippen LogP contribution >= 0.6 is 0 Å². The van der Waals surface area contributed by atoms with Gasteiger partial charge in [0.05, 0.1) is 5.60 Å². The van der Waals surface area contributed by atoms with Crippen molar-refractivity contribution in [3.05, 3.63) is 70.3 Å². The molecule has 20 heavy (non-hydrogen) atoms. The van der Waals surface area contributed by atoms with Crippen molar-refractivity contribution < 1.29 is 13.9 Å². The van der Waals surface area contributed by atoms with E-state index in [1.54, 1.807) is 6.92 Å². The summed E-state index contributed by atoms with van der Waals surface area (Å²) in [6.45, 7) is 5.61. The predicted octanol–water partition coefficient (Wildman–Crippen LogP) is 4.03. The Hall–Kier alpha value is -1.74. The largest absolute Gasteiger partial charge is 0.385 e. The molecule has 0 fully saturated rings. The van der Waals surface area contributed by atoms with Crippen molar-refractivity contribution in [2.75, 3.05) is 0 Å². The number of aryl methyl sites for hydroxylation is 2. The van der Waals surface area contributed by atoms with Gasteiger partial charge in [0.25, 0.3) is 0 Å². The molecule has 106 valence electrons. The molecule has 0 aromatic heterocycles. The average Bonchev–Trinajstić information content (AvgIpc) is 2.32. The third-order valence-corrected chi connectivity index (χ3v) is 3.38. The maximum Gasteiger partial charge on any atom is 0.159 e. The molecular weight excluding hydrogens is 258 g/mol. The molecular formula is C17H18F2O. The van der Waals surface area contributed by atoms with Gasteiger partial charge in [0.1, 0.15) is 0 Å². The van der Waals surface area contributed by atoms with E-state index in [2.05, 4.69) is 0 Å². The molecule has 0 aliphatic carbocycles. The average molecular weight is 276 g/mol. The second kappa shape index (κ2) is 5.33. The first kappa shape index (κ1) is 14.7. The van der Waals surface area contributed by atoms with E-state index in [1.165, 1.54) is 6.07 Å². The zero-order chi connectivity index (χ0) is 14.9. The fraction of sp³-hybridized carbons (Fsp3) is 0.294. The van der Waals surface area contributed by atoms with Crippen LogP contribution in [-0.4, -0.2) is 5.11 Å². The fourth-order valence-electron chi connectivity index (χ4n) is 2.43. The van der Waals surface area contributed by atoms with E-state index in [1.807, 2.05) is 32.0 Å². The van der Waals surface area contributed by atoms with Gasteiger partial charge in [-0.25, -0.2) is 8.78 Å². The summed E-state index contributed by atoms with van der Waals surface area (Å²) >= 11 is 0. The molecule has 1 nitrogen and oxygen atoms in total. The van der Waals surface area contributed by atoms with Gasteiger partial charge in [-0.1, -0.05) is 35.4 Å². The van der Waals surface area contributed by atoms with Gasteiger partial charge in [-0.05, 0) is 44.0 Å². The maximum absolute atomic E-state index is 13.2. The highest BCUT2D eigenvalue weighted by molar-refractivity contribution is 5.33. The molecule has 0 radical (unpaired) electrons. The van der Waals surface area contributed by atoms with Gasteiger partial charge in [-0.3, -0.25) is 0 Å². The lowest BCUT2D eigenvalue weighted by Crippen LogP contribution is -2.24. The zero-order valence-corrected chi connectivity index (χ0v) is 11.9. The summed E-state index contributed by atoms with van der Waals surface area (Å²) in [5.74, 6) is -1.77. The number of halogens is 2. The van der Waals surface area contributed by atoms with E-state index in [9.17, 15) is 13.9 Å². The second-order valence-corrected chi connectivity index (χ2v) is 5.58. The maximum atomic E-state index is 13.2. The molecule has 0 spiro atoms. The molecule has 0 aliphatic rings.